The van der Waals surface area contributed by atoms with Crippen LogP contribution in [-0.2, 0) is 0 Å². The molecule has 0 radical (unpaired) electrons. The van der Waals surface area contributed by atoms with Gasteiger partial charge in [0.15, 0.2) is 0 Å². The summed E-state index contributed by atoms with van der Waals surface area (Å²) in [6.45, 7) is 5.40. The van der Waals surface area contributed by atoms with Crippen molar-refractivity contribution in [2.75, 3.05) is 5.32 Å². The van der Waals surface area contributed by atoms with Crippen LogP contribution in [0.4, 0.5) is 10.5 Å². The van der Waals surface area contributed by atoms with Crippen LogP contribution in [0.1, 0.15) is 31.1 Å². The van der Waals surface area contributed by atoms with Crippen LogP contribution < -0.4 is 10.6 Å². The lowest BCUT2D eigenvalue weighted by Gasteiger charge is -2.21. The molecule has 0 spiro atoms. The minimum Gasteiger partial charge on any atom is -0.478 e. The van der Waals surface area contributed by atoms with E-state index in [1.165, 1.54) is 12.1 Å². The first-order chi connectivity index (χ1) is 8.60. The predicted octanol–water partition coefficient (Wildman–Crippen LogP) is 3.61. The van der Waals surface area contributed by atoms with Crippen molar-refractivity contribution >= 4 is 40.9 Å². The van der Waals surface area contributed by atoms with Crippen LogP contribution >= 0.6 is 23.2 Å². The van der Waals surface area contributed by atoms with Crippen molar-refractivity contribution in [3.05, 3.63) is 27.7 Å². The summed E-state index contributed by atoms with van der Waals surface area (Å²) >= 11 is 11.6. The minimum absolute atomic E-state index is 0.0142. The Bertz CT molecular complexity index is 524. The zero-order chi connectivity index (χ0) is 14.8. The monoisotopic (exact) mass is 304 g/mol. The van der Waals surface area contributed by atoms with Crippen molar-refractivity contribution in [1.29, 1.82) is 0 Å². The number of urea groups is 1. The van der Waals surface area contributed by atoms with Gasteiger partial charge in [-0.2, -0.15) is 0 Å². The molecule has 19 heavy (non-hydrogen) atoms. The lowest BCUT2D eigenvalue weighted by atomic mass is 10.1. The molecule has 0 fully saturated rings. The van der Waals surface area contributed by atoms with E-state index >= 15 is 0 Å². The molecule has 0 aliphatic rings. The number of benzene rings is 1. The second-order valence-electron chi connectivity index (χ2n) is 4.94. The average Bonchev–Trinajstić information content (AvgIpc) is 2.18. The SMILES string of the molecule is CC(C)(C)NC(=O)Nc1c(Cl)cc(Cl)cc1C(=O)O. The number of hydrogen-bond acceptors (Lipinski definition) is 2. The molecule has 1 aromatic carbocycles. The Morgan fingerprint density at radius 3 is 2.26 bits per heavy atom. The standard InChI is InChI=1S/C12H14Cl2N2O3/c1-12(2,3)16-11(19)15-9-7(10(17)18)4-6(13)5-8(9)14/h4-5H,1-3H3,(H,17,18)(H2,15,16,19). The summed E-state index contributed by atoms with van der Waals surface area (Å²) in [6.07, 6.45) is 0. The Kier molecular flexibility index (Phi) is 4.66. The Hall–Kier alpha value is -1.46. The van der Waals surface area contributed by atoms with E-state index in [0.717, 1.165) is 0 Å². The third-order valence-corrected chi connectivity index (χ3v) is 2.53. The molecule has 0 saturated carbocycles. The second-order valence-corrected chi connectivity index (χ2v) is 5.79. The van der Waals surface area contributed by atoms with Crippen LogP contribution in [0.5, 0.6) is 0 Å². The number of amides is 2. The number of rotatable bonds is 2. The molecule has 104 valence electrons. The van der Waals surface area contributed by atoms with Gasteiger partial charge in [0, 0.05) is 10.6 Å². The van der Waals surface area contributed by atoms with Crippen molar-refractivity contribution < 1.29 is 14.7 Å². The van der Waals surface area contributed by atoms with E-state index in [1.54, 1.807) is 20.8 Å². The van der Waals surface area contributed by atoms with E-state index in [1.807, 2.05) is 0 Å². The number of halogens is 2. The first-order valence-corrected chi connectivity index (χ1v) is 6.17. The minimum atomic E-state index is -1.23. The van der Waals surface area contributed by atoms with Crippen LogP contribution in [0.3, 0.4) is 0 Å². The summed E-state index contributed by atoms with van der Waals surface area (Å²) < 4.78 is 0. The maximum absolute atomic E-state index is 11.7. The predicted molar refractivity (Wildman–Crippen MR) is 75.3 cm³/mol. The molecule has 7 heteroatoms. The highest BCUT2D eigenvalue weighted by Crippen LogP contribution is 2.30. The smallest absolute Gasteiger partial charge is 0.337 e. The molecule has 0 aromatic heterocycles. The van der Waals surface area contributed by atoms with Crippen molar-refractivity contribution in [1.82, 2.24) is 5.32 Å². The number of aromatic carboxylic acids is 1. The van der Waals surface area contributed by atoms with Gasteiger partial charge in [0.05, 0.1) is 16.3 Å². The molecule has 0 atom stereocenters. The Morgan fingerprint density at radius 1 is 1.21 bits per heavy atom. The number of carboxylic acid groups (broad SMARTS) is 1. The van der Waals surface area contributed by atoms with Gasteiger partial charge >= 0.3 is 12.0 Å². The van der Waals surface area contributed by atoms with Crippen LogP contribution in [0.2, 0.25) is 10.0 Å². The van der Waals surface area contributed by atoms with E-state index in [-0.39, 0.29) is 21.3 Å². The maximum atomic E-state index is 11.7. The van der Waals surface area contributed by atoms with Gasteiger partial charge in [-0.05, 0) is 32.9 Å². The van der Waals surface area contributed by atoms with Gasteiger partial charge in [0.25, 0.3) is 0 Å². The first-order valence-electron chi connectivity index (χ1n) is 5.41. The fourth-order valence-corrected chi connectivity index (χ4v) is 1.90. The fourth-order valence-electron chi connectivity index (χ4n) is 1.35. The topological polar surface area (TPSA) is 78.4 Å². The van der Waals surface area contributed by atoms with Gasteiger partial charge in [0.1, 0.15) is 0 Å². The highest BCUT2D eigenvalue weighted by atomic mass is 35.5. The highest BCUT2D eigenvalue weighted by molar-refractivity contribution is 6.37. The molecule has 0 unspecified atom stereocenters. The number of carbonyl (C=O) groups excluding carboxylic acids is 1. The highest BCUT2D eigenvalue weighted by Gasteiger charge is 2.19. The molecule has 0 heterocycles. The Labute approximate surface area is 120 Å². The van der Waals surface area contributed by atoms with Gasteiger partial charge < -0.3 is 15.7 Å². The molecule has 5 nitrogen and oxygen atoms in total. The molecular weight excluding hydrogens is 291 g/mol. The molecule has 1 rings (SSSR count). The van der Waals surface area contributed by atoms with Crippen LogP contribution in [0.15, 0.2) is 12.1 Å². The van der Waals surface area contributed by atoms with Gasteiger partial charge in [-0.15, -0.1) is 0 Å². The molecule has 1 aromatic rings. The summed E-state index contributed by atoms with van der Waals surface area (Å²) in [6, 6.07) is 2.05. The zero-order valence-electron chi connectivity index (χ0n) is 10.7. The Morgan fingerprint density at radius 2 is 1.79 bits per heavy atom. The lowest BCUT2D eigenvalue weighted by Crippen LogP contribution is -2.43. The number of carboxylic acids is 1. The van der Waals surface area contributed by atoms with Crippen LogP contribution in [0, 0.1) is 0 Å². The normalized spacial score (nSPS) is 11.0. The molecule has 0 bridgehead atoms. The van der Waals surface area contributed by atoms with E-state index in [4.69, 9.17) is 28.3 Å². The van der Waals surface area contributed by atoms with Gasteiger partial charge in [-0.1, -0.05) is 23.2 Å². The molecule has 0 saturated heterocycles. The van der Waals surface area contributed by atoms with Gasteiger partial charge in [-0.3, -0.25) is 0 Å². The molecule has 0 aliphatic carbocycles. The third kappa shape index (κ3) is 4.61. The van der Waals surface area contributed by atoms with Crippen molar-refractivity contribution in [2.24, 2.45) is 0 Å². The quantitative estimate of drug-likeness (QED) is 0.781. The van der Waals surface area contributed by atoms with Crippen molar-refractivity contribution in [2.45, 2.75) is 26.3 Å². The summed E-state index contributed by atoms with van der Waals surface area (Å²) in [5, 5.41) is 14.4. The molecular formula is C12H14Cl2N2O3. The summed E-state index contributed by atoms with van der Waals surface area (Å²) in [4.78, 5) is 22.8. The van der Waals surface area contributed by atoms with E-state index in [0.29, 0.717) is 0 Å². The third-order valence-electron chi connectivity index (χ3n) is 2.01. The summed E-state index contributed by atoms with van der Waals surface area (Å²) in [5.74, 6) is -1.23. The second kappa shape index (κ2) is 5.67. The van der Waals surface area contributed by atoms with Crippen molar-refractivity contribution in [3.8, 4) is 0 Å². The number of nitrogens with one attached hydrogen (secondary N) is 2. The average molecular weight is 305 g/mol. The molecule has 0 aliphatic heterocycles. The summed E-state index contributed by atoms with van der Waals surface area (Å²) in [7, 11) is 0. The number of anilines is 1. The molecule has 2 amide bonds. The fraction of sp³-hybridized carbons (Fsp3) is 0.333. The maximum Gasteiger partial charge on any atom is 0.337 e. The van der Waals surface area contributed by atoms with Crippen LogP contribution in [-0.4, -0.2) is 22.6 Å². The van der Waals surface area contributed by atoms with Gasteiger partial charge in [0.2, 0.25) is 0 Å². The summed E-state index contributed by atoms with van der Waals surface area (Å²) in [5.41, 5.74) is -0.603. The van der Waals surface area contributed by atoms with E-state index < -0.39 is 17.5 Å². The number of hydrogen-bond donors (Lipinski definition) is 3. The van der Waals surface area contributed by atoms with Crippen molar-refractivity contribution in [3.63, 3.8) is 0 Å². The van der Waals surface area contributed by atoms with Gasteiger partial charge in [-0.25, -0.2) is 9.59 Å². The Balaban J connectivity index is 3.07. The van der Waals surface area contributed by atoms with Crippen LogP contribution in [0.25, 0.3) is 0 Å². The van der Waals surface area contributed by atoms with E-state index in [2.05, 4.69) is 10.6 Å². The zero-order valence-corrected chi connectivity index (χ0v) is 12.2. The number of carbonyl (C=O) groups is 2. The largest absolute Gasteiger partial charge is 0.478 e. The first kappa shape index (κ1) is 15.6. The van der Waals surface area contributed by atoms with E-state index in [9.17, 15) is 9.59 Å². The molecule has 3 N–H and O–H groups in total. The lowest BCUT2D eigenvalue weighted by molar-refractivity contribution is 0.0698.